The molecule has 1 unspecified atom stereocenters. The van der Waals surface area contributed by atoms with Gasteiger partial charge in [0.25, 0.3) is 5.91 Å². The number of methoxy groups -OCH3 is 2. The number of benzene rings is 1. The minimum Gasteiger partial charge on any atom is -0.493 e. The Kier molecular flexibility index (Phi) is 5.43. The highest BCUT2D eigenvalue weighted by molar-refractivity contribution is 5.97. The molecule has 1 aromatic rings. The fourth-order valence-corrected chi connectivity index (χ4v) is 3.20. The third-order valence-electron chi connectivity index (χ3n) is 4.70. The summed E-state index contributed by atoms with van der Waals surface area (Å²) in [6, 6.07) is 5.81. The predicted molar refractivity (Wildman–Crippen MR) is 93.0 cm³/mol. The highest BCUT2D eigenvalue weighted by Gasteiger charge is 2.34. The molecule has 136 valence electrons. The number of nitrogens with one attached hydrogen (secondary N) is 2. The molecule has 1 atom stereocenters. The van der Waals surface area contributed by atoms with Gasteiger partial charge in [-0.25, -0.2) is 0 Å². The lowest BCUT2D eigenvalue weighted by molar-refractivity contribution is -0.120. The molecule has 1 aliphatic heterocycles. The summed E-state index contributed by atoms with van der Waals surface area (Å²) in [5.74, 6) is 0.558. The Bertz CT molecular complexity index is 645. The van der Waals surface area contributed by atoms with Crippen molar-refractivity contribution in [2.24, 2.45) is 0 Å². The van der Waals surface area contributed by atoms with E-state index in [1.165, 1.54) is 27.1 Å². The van der Waals surface area contributed by atoms with E-state index >= 15 is 0 Å². The number of ether oxygens (including phenoxy) is 2. The van der Waals surface area contributed by atoms with Crippen molar-refractivity contribution in [1.82, 2.24) is 15.5 Å². The van der Waals surface area contributed by atoms with Crippen LogP contribution in [-0.4, -0.2) is 62.7 Å². The molecule has 0 radical (unpaired) electrons. The van der Waals surface area contributed by atoms with E-state index in [4.69, 9.17) is 9.47 Å². The van der Waals surface area contributed by atoms with Crippen LogP contribution in [0.1, 0.15) is 29.6 Å². The lowest BCUT2D eigenvalue weighted by atomic mass is 10.2. The van der Waals surface area contributed by atoms with E-state index < -0.39 is 0 Å². The van der Waals surface area contributed by atoms with E-state index in [9.17, 15) is 9.59 Å². The molecule has 0 aromatic heterocycles. The number of nitrogens with zero attached hydrogens (tertiary/aromatic N) is 1. The number of rotatable bonds is 7. The van der Waals surface area contributed by atoms with Crippen LogP contribution < -0.4 is 20.1 Å². The average molecular weight is 347 g/mol. The Morgan fingerprint density at radius 1 is 1.16 bits per heavy atom. The van der Waals surface area contributed by atoms with Gasteiger partial charge in [-0.05, 0) is 37.5 Å². The van der Waals surface area contributed by atoms with E-state index in [0.717, 1.165) is 25.6 Å². The molecule has 0 spiro atoms. The molecular weight excluding hydrogens is 322 g/mol. The molecule has 0 bridgehead atoms. The van der Waals surface area contributed by atoms with Crippen molar-refractivity contribution in [2.75, 3.05) is 33.9 Å². The maximum atomic E-state index is 12.2. The van der Waals surface area contributed by atoms with E-state index in [0.29, 0.717) is 17.1 Å². The number of hydrogen-bond acceptors (Lipinski definition) is 5. The third kappa shape index (κ3) is 4.42. The number of likely N-dealkylation sites (tertiary alicyclic amines) is 1. The van der Waals surface area contributed by atoms with Crippen molar-refractivity contribution in [3.63, 3.8) is 0 Å². The summed E-state index contributed by atoms with van der Waals surface area (Å²) in [6.07, 6.45) is 3.54. The zero-order valence-corrected chi connectivity index (χ0v) is 14.7. The van der Waals surface area contributed by atoms with Gasteiger partial charge in [0.15, 0.2) is 11.5 Å². The second kappa shape index (κ2) is 7.74. The molecule has 2 amide bonds. The highest BCUT2D eigenvalue weighted by atomic mass is 16.5. The molecule has 7 heteroatoms. The van der Waals surface area contributed by atoms with Crippen LogP contribution >= 0.6 is 0 Å². The van der Waals surface area contributed by atoms with E-state index in [1.54, 1.807) is 18.2 Å². The van der Waals surface area contributed by atoms with Crippen LogP contribution in [0.25, 0.3) is 0 Å². The van der Waals surface area contributed by atoms with Crippen LogP contribution in [0.3, 0.4) is 0 Å². The first-order valence-corrected chi connectivity index (χ1v) is 8.64. The van der Waals surface area contributed by atoms with Gasteiger partial charge in [-0.3, -0.25) is 14.5 Å². The number of carbonyl (C=O) groups is 2. The molecule has 1 saturated carbocycles. The number of hydrogen-bond donors (Lipinski definition) is 2. The molecule has 2 N–H and O–H groups in total. The monoisotopic (exact) mass is 347 g/mol. The normalized spacial score (nSPS) is 20.2. The minimum absolute atomic E-state index is 0.0346. The first-order valence-electron chi connectivity index (χ1n) is 8.64. The van der Waals surface area contributed by atoms with Crippen molar-refractivity contribution in [2.45, 2.75) is 31.3 Å². The Balaban J connectivity index is 1.46. The predicted octanol–water partition coefficient (Wildman–Crippen LogP) is 0.787. The van der Waals surface area contributed by atoms with Crippen molar-refractivity contribution in [1.29, 1.82) is 0 Å². The van der Waals surface area contributed by atoms with Crippen LogP contribution in [0.4, 0.5) is 0 Å². The number of carbonyl (C=O) groups excluding carboxylic acids is 2. The number of amides is 2. The van der Waals surface area contributed by atoms with E-state index in [2.05, 4.69) is 15.5 Å². The zero-order chi connectivity index (χ0) is 17.8. The first-order chi connectivity index (χ1) is 12.1. The Morgan fingerprint density at radius 3 is 2.60 bits per heavy atom. The van der Waals surface area contributed by atoms with Gasteiger partial charge in [-0.1, -0.05) is 0 Å². The molecule has 25 heavy (non-hydrogen) atoms. The Labute approximate surface area is 147 Å². The molecule has 2 aliphatic rings. The summed E-state index contributed by atoms with van der Waals surface area (Å²) in [7, 11) is 3.05. The van der Waals surface area contributed by atoms with Crippen LogP contribution in [0.15, 0.2) is 18.2 Å². The van der Waals surface area contributed by atoms with Gasteiger partial charge >= 0.3 is 0 Å². The molecule has 2 fully saturated rings. The van der Waals surface area contributed by atoms with E-state index in [1.807, 2.05) is 0 Å². The molecule has 1 aliphatic carbocycles. The van der Waals surface area contributed by atoms with Gasteiger partial charge in [-0.15, -0.1) is 0 Å². The fraction of sp³-hybridized carbons (Fsp3) is 0.556. The first kappa shape index (κ1) is 17.5. The standard InChI is InChI=1S/C18H25N3O4/c1-24-15-6-3-12(9-16(15)25-2)18(23)19-10-17(22)20-13-7-8-21(11-13)14-4-5-14/h3,6,9,13-14H,4-5,7-8,10-11H2,1-2H3,(H,19,23)(H,20,22). The van der Waals surface area contributed by atoms with Gasteiger partial charge in [0, 0.05) is 30.7 Å². The molecule has 1 aromatic carbocycles. The quantitative estimate of drug-likeness (QED) is 0.762. The van der Waals surface area contributed by atoms with Gasteiger partial charge in [0.1, 0.15) is 0 Å². The van der Waals surface area contributed by atoms with Gasteiger partial charge in [0.05, 0.1) is 20.8 Å². The smallest absolute Gasteiger partial charge is 0.251 e. The average Bonchev–Trinajstić information content (AvgIpc) is 3.38. The molecule has 1 heterocycles. The lowest BCUT2D eigenvalue weighted by Gasteiger charge is -2.16. The minimum atomic E-state index is -0.317. The van der Waals surface area contributed by atoms with Crippen molar-refractivity contribution >= 4 is 11.8 Å². The molecule has 1 saturated heterocycles. The van der Waals surface area contributed by atoms with E-state index in [-0.39, 0.29) is 24.4 Å². The Hall–Kier alpha value is -2.28. The summed E-state index contributed by atoms with van der Waals surface area (Å²) in [5, 5.41) is 5.65. The van der Waals surface area contributed by atoms with Gasteiger partial charge in [-0.2, -0.15) is 0 Å². The maximum absolute atomic E-state index is 12.2. The van der Waals surface area contributed by atoms with Crippen LogP contribution in [0.2, 0.25) is 0 Å². The van der Waals surface area contributed by atoms with Crippen LogP contribution in [-0.2, 0) is 4.79 Å². The summed E-state index contributed by atoms with van der Waals surface area (Å²) in [4.78, 5) is 26.7. The molecular formula is C18H25N3O4. The van der Waals surface area contributed by atoms with Crippen molar-refractivity contribution < 1.29 is 19.1 Å². The third-order valence-corrected chi connectivity index (χ3v) is 4.70. The van der Waals surface area contributed by atoms with Crippen molar-refractivity contribution in [3.8, 4) is 11.5 Å². The second-order valence-electron chi connectivity index (χ2n) is 6.53. The SMILES string of the molecule is COc1ccc(C(=O)NCC(=O)NC2CCN(C3CC3)C2)cc1OC. The summed E-state index contributed by atoms with van der Waals surface area (Å²) < 4.78 is 10.3. The summed E-state index contributed by atoms with van der Waals surface area (Å²) >= 11 is 0. The van der Waals surface area contributed by atoms with Gasteiger partial charge in [0.2, 0.25) is 5.91 Å². The summed E-state index contributed by atoms with van der Waals surface area (Å²) in [6.45, 7) is 1.93. The maximum Gasteiger partial charge on any atom is 0.251 e. The van der Waals surface area contributed by atoms with Crippen molar-refractivity contribution in [3.05, 3.63) is 23.8 Å². The zero-order valence-electron chi connectivity index (χ0n) is 14.7. The highest BCUT2D eigenvalue weighted by Crippen LogP contribution is 2.30. The fourth-order valence-electron chi connectivity index (χ4n) is 3.20. The van der Waals surface area contributed by atoms with Crippen LogP contribution in [0, 0.1) is 0 Å². The molecule has 7 nitrogen and oxygen atoms in total. The lowest BCUT2D eigenvalue weighted by Crippen LogP contribution is -2.43. The summed E-state index contributed by atoms with van der Waals surface area (Å²) in [5.41, 5.74) is 0.422. The largest absolute Gasteiger partial charge is 0.493 e. The van der Waals surface area contributed by atoms with Crippen LogP contribution in [0.5, 0.6) is 11.5 Å². The second-order valence-corrected chi connectivity index (χ2v) is 6.53. The van der Waals surface area contributed by atoms with Gasteiger partial charge < -0.3 is 20.1 Å². The topological polar surface area (TPSA) is 79.9 Å². The Morgan fingerprint density at radius 2 is 1.92 bits per heavy atom. The molecule has 3 rings (SSSR count).